The molecule has 1 aromatic rings. The molecule has 1 heterocycles. The van der Waals surface area contributed by atoms with Gasteiger partial charge in [-0.25, -0.2) is 0 Å². The Morgan fingerprint density at radius 1 is 1.45 bits per heavy atom. The zero-order valence-corrected chi connectivity index (χ0v) is 11.7. The number of rotatable bonds is 5. The number of aldehydes is 1. The van der Waals surface area contributed by atoms with Crippen molar-refractivity contribution < 1.29 is 14.3 Å². The number of likely N-dealkylation sites (tertiary alicyclic amines) is 1. The molecule has 1 aromatic carbocycles. The standard InChI is InChI=1S/C15H20N2O3/c1-20-14-3-2-11(10-18)8-13(14)9-17-6-4-12(5-7-17)15(16)19/h2-3,8,10,12H,4-7,9H2,1H3,(H2,16,19). The van der Waals surface area contributed by atoms with Crippen LogP contribution in [0.25, 0.3) is 0 Å². The van der Waals surface area contributed by atoms with Gasteiger partial charge in [-0.05, 0) is 44.1 Å². The molecule has 108 valence electrons. The van der Waals surface area contributed by atoms with E-state index < -0.39 is 0 Å². The number of nitrogens with zero attached hydrogens (tertiary/aromatic N) is 1. The van der Waals surface area contributed by atoms with E-state index >= 15 is 0 Å². The molecule has 20 heavy (non-hydrogen) atoms. The fourth-order valence-corrected chi connectivity index (χ4v) is 2.61. The normalized spacial score (nSPS) is 16.9. The SMILES string of the molecule is COc1ccc(C=O)cc1CN1CCC(C(N)=O)CC1. The Hall–Kier alpha value is -1.88. The number of benzene rings is 1. The Morgan fingerprint density at radius 3 is 2.70 bits per heavy atom. The molecule has 0 radical (unpaired) electrons. The predicted molar refractivity (Wildman–Crippen MR) is 75.6 cm³/mol. The van der Waals surface area contributed by atoms with Crippen molar-refractivity contribution in [3.05, 3.63) is 29.3 Å². The maximum atomic E-state index is 11.1. The monoisotopic (exact) mass is 276 g/mol. The smallest absolute Gasteiger partial charge is 0.220 e. The Bertz CT molecular complexity index is 494. The highest BCUT2D eigenvalue weighted by Gasteiger charge is 2.23. The van der Waals surface area contributed by atoms with E-state index in [4.69, 9.17) is 10.5 Å². The van der Waals surface area contributed by atoms with Gasteiger partial charge in [-0.15, -0.1) is 0 Å². The van der Waals surface area contributed by atoms with E-state index in [1.165, 1.54) is 0 Å². The van der Waals surface area contributed by atoms with Crippen LogP contribution in [-0.4, -0.2) is 37.3 Å². The van der Waals surface area contributed by atoms with Crippen LogP contribution in [0.4, 0.5) is 0 Å². The molecule has 2 N–H and O–H groups in total. The minimum Gasteiger partial charge on any atom is -0.496 e. The van der Waals surface area contributed by atoms with Crippen LogP contribution < -0.4 is 10.5 Å². The molecule has 0 atom stereocenters. The summed E-state index contributed by atoms with van der Waals surface area (Å²) in [5, 5.41) is 0. The molecule has 1 aliphatic rings. The van der Waals surface area contributed by atoms with Crippen LogP contribution in [0.15, 0.2) is 18.2 Å². The molecular formula is C15H20N2O3. The molecule has 2 rings (SSSR count). The molecule has 1 aliphatic heterocycles. The number of hydrogen-bond acceptors (Lipinski definition) is 4. The number of carbonyl (C=O) groups is 2. The predicted octanol–water partition coefficient (Wildman–Crippen LogP) is 1.21. The lowest BCUT2D eigenvalue weighted by molar-refractivity contribution is -0.123. The van der Waals surface area contributed by atoms with Crippen LogP contribution >= 0.6 is 0 Å². The van der Waals surface area contributed by atoms with Crippen LogP contribution in [0.5, 0.6) is 5.75 Å². The van der Waals surface area contributed by atoms with Crippen LogP contribution in [-0.2, 0) is 11.3 Å². The second-order valence-electron chi connectivity index (χ2n) is 5.14. The largest absolute Gasteiger partial charge is 0.496 e. The quantitative estimate of drug-likeness (QED) is 0.820. The van der Waals surface area contributed by atoms with Gasteiger partial charge in [-0.1, -0.05) is 0 Å². The van der Waals surface area contributed by atoms with Crippen LogP contribution in [0, 0.1) is 5.92 Å². The number of primary amides is 1. The summed E-state index contributed by atoms with van der Waals surface area (Å²) in [6.45, 7) is 2.39. The minimum absolute atomic E-state index is 0.00513. The number of ether oxygens (including phenoxy) is 1. The van der Waals surface area contributed by atoms with E-state index in [0.29, 0.717) is 5.56 Å². The Morgan fingerprint density at radius 2 is 2.15 bits per heavy atom. The van der Waals surface area contributed by atoms with Crippen LogP contribution in [0.1, 0.15) is 28.8 Å². The third kappa shape index (κ3) is 3.36. The lowest BCUT2D eigenvalue weighted by Gasteiger charge is -2.30. The number of methoxy groups -OCH3 is 1. The van der Waals surface area contributed by atoms with E-state index in [9.17, 15) is 9.59 Å². The third-order valence-electron chi connectivity index (χ3n) is 3.82. The van der Waals surface area contributed by atoms with Gasteiger partial charge >= 0.3 is 0 Å². The van der Waals surface area contributed by atoms with Crippen molar-refractivity contribution in [1.82, 2.24) is 4.90 Å². The first kappa shape index (κ1) is 14.5. The lowest BCUT2D eigenvalue weighted by atomic mass is 9.96. The second kappa shape index (κ2) is 6.52. The first-order valence-corrected chi connectivity index (χ1v) is 6.77. The fourth-order valence-electron chi connectivity index (χ4n) is 2.61. The van der Waals surface area contributed by atoms with Crippen LogP contribution in [0.3, 0.4) is 0 Å². The zero-order valence-electron chi connectivity index (χ0n) is 11.7. The molecule has 0 bridgehead atoms. The molecule has 5 heteroatoms. The number of piperidine rings is 1. The third-order valence-corrected chi connectivity index (χ3v) is 3.82. The van der Waals surface area contributed by atoms with Crippen molar-refractivity contribution >= 4 is 12.2 Å². The Labute approximate surface area is 118 Å². The van der Waals surface area contributed by atoms with Crippen molar-refractivity contribution in [2.45, 2.75) is 19.4 Å². The highest BCUT2D eigenvalue weighted by molar-refractivity contribution is 5.76. The molecule has 0 spiro atoms. The van der Waals surface area contributed by atoms with Gasteiger partial charge in [0.15, 0.2) is 0 Å². The summed E-state index contributed by atoms with van der Waals surface area (Å²) in [6.07, 6.45) is 2.43. The molecule has 5 nitrogen and oxygen atoms in total. The van der Waals surface area contributed by atoms with Crippen molar-refractivity contribution in [1.29, 1.82) is 0 Å². The molecule has 1 fully saturated rings. The Balaban J connectivity index is 2.03. The molecule has 0 aliphatic carbocycles. The maximum absolute atomic E-state index is 11.1. The summed E-state index contributed by atoms with van der Waals surface area (Å²) < 4.78 is 5.33. The minimum atomic E-state index is -0.204. The van der Waals surface area contributed by atoms with E-state index in [0.717, 1.165) is 50.1 Å². The summed E-state index contributed by atoms with van der Waals surface area (Å²) in [6, 6.07) is 5.41. The van der Waals surface area contributed by atoms with Gasteiger partial charge in [0.25, 0.3) is 0 Å². The summed E-state index contributed by atoms with van der Waals surface area (Å²) in [4.78, 5) is 24.3. The van der Waals surface area contributed by atoms with Gasteiger partial charge in [0.2, 0.25) is 5.91 Å². The molecule has 0 saturated carbocycles. The first-order chi connectivity index (χ1) is 9.63. The second-order valence-corrected chi connectivity index (χ2v) is 5.14. The van der Waals surface area contributed by atoms with E-state index in [2.05, 4.69) is 4.90 Å². The summed E-state index contributed by atoms with van der Waals surface area (Å²) in [5.74, 6) is 0.576. The van der Waals surface area contributed by atoms with Gasteiger partial charge in [0.1, 0.15) is 12.0 Å². The topological polar surface area (TPSA) is 72.6 Å². The van der Waals surface area contributed by atoms with Crippen molar-refractivity contribution in [3.8, 4) is 5.75 Å². The molecule has 1 saturated heterocycles. The van der Waals surface area contributed by atoms with E-state index in [-0.39, 0.29) is 11.8 Å². The highest BCUT2D eigenvalue weighted by atomic mass is 16.5. The average Bonchev–Trinajstić information content (AvgIpc) is 2.47. The highest BCUT2D eigenvalue weighted by Crippen LogP contribution is 2.24. The number of amides is 1. The van der Waals surface area contributed by atoms with E-state index in [1.807, 2.05) is 12.1 Å². The maximum Gasteiger partial charge on any atom is 0.220 e. The van der Waals surface area contributed by atoms with Crippen LogP contribution in [0.2, 0.25) is 0 Å². The van der Waals surface area contributed by atoms with E-state index in [1.54, 1.807) is 13.2 Å². The first-order valence-electron chi connectivity index (χ1n) is 6.77. The van der Waals surface area contributed by atoms with Crippen molar-refractivity contribution in [3.63, 3.8) is 0 Å². The molecule has 1 amide bonds. The Kier molecular flexibility index (Phi) is 4.74. The zero-order chi connectivity index (χ0) is 14.5. The van der Waals surface area contributed by atoms with Gasteiger partial charge in [0.05, 0.1) is 7.11 Å². The van der Waals surface area contributed by atoms with Gasteiger partial charge < -0.3 is 10.5 Å². The summed E-state index contributed by atoms with van der Waals surface area (Å²) in [7, 11) is 1.62. The van der Waals surface area contributed by atoms with Crippen molar-refractivity contribution in [2.75, 3.05) is 20.2 Å². The average molecular weight is 276 g/mol. The van der Waals surface area contributed by atoms with Gasteiger partial charge in [-0.3, -0.25) is 14.5 Å². The number of hydrogen-bond donors (Lipinski definition) is 1. The number of nitrogens with two attached hydrogens (primary N) is 1. The summed E-state index contributed by atoms with van der Waals surface area (Å²) in [5.41, 5.74) is 6.97. The molecule has 0 unspecified atom stereocenters. The lowest BCUT2D eigenvalue weighted by Crippen LogP contribution is -2.38. The summed E-state index contributed by atoms with van der Waals surface area (Å²) >= 11 is 0. The molecule has 0 aromatic heterocycles. The molecular weight excluding hydrogens is 256 g/mol. The van der Waals surface area contributed by atoms with Crippen molar-refractivity contribution in [2.24, 2.45) is 11.7 Å². The number of carbonyl (C=O) groups excluding carboxylic acids is 2. The fraction of sp³-hybridized carbons (Fsp3) is 0.467. The van der Waals surface area contributed by atoms with Gasteiger partial charge in [0, 0.05) is 23.6 Å². The van der Waals surface area contributed by atoms with Gasteiger partial charge in [-0.2, -0.15) is 0 Å².